The normalized spacial score (nSPS) is 20.8. The number of nitrogens with zero attached hydrogens (tertiary/aromatic N) is 4. The highest BCUT2D eigenvalue weighted by Gasteiger charge is 2.23. The zero-order valence-electron chi connectivity index (χ0n) is 12.3. The van der Waals surface area contributed by atoms with Crippen molar-refractivity contribution >= 4 is 0 Å². The zero-order chi connectivity index (χ0) is 13.5. The molecular formula is C14H27N5. The molecular weight excluding hydrogens is 238 g/mol. The molecule has 0 spiro atoms. The van der Waals surface area contributed by atoms with Crippen LogP contribution in [0.1, 0.15) is 45.4 Å². The second-order valence-electron chi connectivity index (χ2n) is 5.32. The van der Waals surface area contributed by atoms with Crippen molar-refractivity contribution in [3.8, 4) is 0 Å². The molecule has 5 nitrogen and oxygen atoms in total. The molecule has 0 aliphatic carbocycles. The van der Waals surface area contributed by atoms with Crippen LogP contribution < -0.4 is 5.32 Å². The fourth-order valence-electron chi connectivity index (χ4n) is 2.80. The Labute approximate surface area is 116 Å². The van der Waals surface area contributed by atoms with E-state index in [-0.39, 0.29) is 0 Å². The summed E-state index contributed by atoms with van der Waals surface area (Å²) in [5.74, 6) is 1.10. The van der Waals surface area contributed by atoms with Crippen LogP contribution in [0.3, 0.4) is 0 Å². The number of hydrogen-bond acceptors (Lipinski definition) is 4. The molecule has 2 rings (SSSR count). The maximum Gasteiger partial charge on any atom is 0.141 e. The summed E-state index contributed by atoms with van der Waals surface area (Å²) in [4.78, 5) is 6.97. The Morgan fingerprint density at radius 2 is 2.26 bits per heavy atom. The number of aryl methyl sites for hydroxylation is 1. The second-order valence-corrected chi connectivity index (χ2v) is 5.32. The molecule has 0 amide bonds. The van der Waals surface area contributed by atoms with Crippen LogP contribution in [0.15, 0.2) is 6.33 Å². The largest absolute Gasteiger partial charge is 0.315 e. The van der Waals surface area contributed by atoms with Gasteiger partial charge in [0.05, 0.1) is 6.54 Å². The van der Waals surface area contributed by atoms with Crippen molar-refractivity contribution in [2.45, 2.75) is 58.7 Å². The summed E-state index contributed by atoms with van der Waals surface area (Å²) in [5.41, 5.74) is 0. The molecule has 0 radical (unpaired) electrons. The van der Waals surface area contributed by atoms with Crippen molar-refractivity contribution in [3.63, 3.8) is 0 Å². The summed E-state index contributed by atoms with van der Waals surface area (Å²) >= 11 is 0. The van der Waals surface area contributed by atoms with Crippen LogP contribution in [0.2, 0.25) is 0 Å². The lowest BCUT2D eigenvalue weighted by Crippen LogP contribution is -2.45. The van der Waals surface area contributed by atoms with Gasteiger partial charge in [-0.25, -0.2) is 9.67 Å². The van der Waals surface area contributed by atoms with Crippen LogP contribution in [-0.2, 0) is 13.1 Å². The lowest BCUT2D eigenvalue weighted by atomic mass is 10.0. The fourth-order valence-corrected chi connectivity index (χ4v) is 2.80. The van der Waals surface area contributed by atoms with Gasteiger partial charge in [-0.05, 0) is 39.3 Å². The molecule has 5 heteroatoms. The van der Waals surface area contributed by atoms with E-state index in [0.29, 0.717) is 6.04 Å². The Morgan fingerprint density at radius 3 is 3.05 bits per heavy atom. The van der Waals surface area contributed by atoms with E-state index in [4.69, 9.17) is 0 Å². The molecule has 0 saturated carbocycles. The third-order valence-electron chi connectivity index (χ3n) is 3.90. The summed E-state index contributed by atoms with van der Waals surface area (Å²) in [6, 6.07) is 0.655. The fraction of sp³-hybridized carbons (Fsp3) is 0.857. The van der Waals surface area contributed by atoms with Gasteiger partial charge in [-0.2, -0.15) is 5.10 Å². The van der Waals surface area contributed by atoms with Crippen LogP contribution >= 0.6 is 0 Å². The summed E-state index contributed by atoms with van der Waals surface area (Å²) < 4.78 is 2.01. The van der Waals surface area contributed by atoms with Crippen molar-refractivity contribution in [3.05, 3.63) is 12.2 Å². The number of hydrogen-bond donors (Lipinski definition) is 1. The number of aromatic nitrogens is 3. The monoisotopic (exact) mass is 265 g/mol. The first-order valence-corrected chi connectivity index (χ1v) is 7.66. The molecule has 1 aliphatic heterocycles. The van der Waals surface area contributed by atoms with Gasteiger partial charge in [0.15, 0.2) is 0 Å². The van der Waals surface area contributed by atoms with Gasteiger partial charge in [0, 0.05) is 19.1 Å². The number of likely N-dealkylation sites (tertiary alicyclic amines) is 1. The molecule has 1 saturated heterocycles. The van der Waals surface area contributed by atoms with Crippen LogP contribution in [0.25, 0.3) is 0 Å². The molecule has 1 atom stereocenters. The Balaban J connectivity index is 1.91. The van der Waals surface area contributed by atoms with Crippen LogP contribution in [0, 0.1) is 0 Å². The summed E-state index contributed by atoms with van der Waals surface area (Å²) in [5, 5.41) is 7.82. The Bertz CT molecular complexity index is 362. The maximum atomic E-state index is 4.40. The Hall–Kier alpha value is -0.940. The van der Waals surface area contributed by atoms with Gasteiger partial charge in [-0.1, -0.05) is 13.3 Å². The van der Waals surface area contributed by atoms with Gasteiger partial charge in [0.1, 0.15) is 12.2 Å². The van der Waals surface area contributed by atoms with E-state index in [0.717, 1.165) is 32.0 Å². The molecule has 1 N–H and O–H groups in total. The van der Waals surface area contributed by atoms with Crippen molar-refractivity contribution in [2.24, 2.45) is 0 Å². The number of piperidine rings is 1. The second kappa shape index (κ2) is 7.60. The van der Waals surface area contributed by atoms with Crippen molar-refractivity contribution < 1.29 is 0 Å². The van der Waals surface area contributed by atoms with E-state index in [1.54, 1.807) is 6.33 Å². The molecule has 1 unspecified atom stereocenters. The van der Waals surface area contributed by atoms with Gasteiger partial charge in [0.25, 0.3) is 0 Å². The third kappa shape index (κ3) is 4.01. The summed E-state index contributed by atoms with van der Waals surface area (Å²) in [6.45, 7) is 9.59. The topological polar surface area (TPSA) is 46.0 Å². The highest BCUT2D eigenvalue weighted by molar-refractivity contribution is 4.88. The van der Waals surface area contributed by atoms with Crippen LogP contribution in [0.5, 0.6) is 0 Å². The standard InChI is InChI=1S/C14H27N5/c1-3-8-15-10-13-7-5-6-9-18(13)11-14-16-12-17-19(14)4-2/h12-13,15H,3-11H2,1-2H3. The SMILES string of the molecule is CCCNCC1CCCCN1Cc1ncnn1CC. The van der Waals surface area contributed by atoms with Gasteiger partial charge < -0.3 is 5.32 Å². The highest BCUT2D eigenvalue weighted by atomic mass is 15.3. The third-order valence-corrected chi connectivity index (χ3v) is 3.90. The highest BCUT2D eigenvalue weighted by Crippen LogP contribution is 2.18. The van der Waals surface area contributed by atoms with E-state index in [1.165, 1.54) is 32.2 Å². The molecule has 0 aromatic carbocycles. The molecule has 1 aliphatic rings. The molecule has 1 aromatic rings. The summed E-state index contributed by atoms with van der Waals surface area (Å²) in [6.07, 6.45) is 6.85. The van der Waals surface area contributed by atoms with Gasteiger partial charge in [-0.3, -0.25) is 4.90 Å². The Morgan fingerprint density at radius 1 is 1.37 bits per heavy atom. The minimum absolute atomic E-state index is 0.655. The quantitative estimate of drug-likeness (QED) is 0.762. The average molecular weight is 265 g/mol. The van der Waals surface area contributed by atoms with Crippen molar-refractivity contribution in [1.82, 2.24) is 25.0 Å². The van der Waals surface area contributed by atoms with Gasteiger partial charge in [-0.15, -0.1) is 0 Å². The Kier molecular flexibility index (Phi) is 5.79. The summed E-state index contributed by atoms with van der Waals surface area (Å²) in [7, 11) is 0. The predicted molar refractivity (Wildman–Crippen MR) is 76.9 cm³/mol. The first-order chi connectivity index (χ1) is 9.35. The predicted octanol–water partition coefficient (Wildman–Crippen LogP) is 1.65. The molecule has 0 bridgehead atoms. The minimum Gasteiger partial charge on any atom is -0.315 e. The van der Waals surface area contributed by atoms with Crippen LogP contribution in [0.4, 0.5) is 0 Å². The first-order valence-electron chi connectivity index (χ1n) is 7.66. The lowest BCUT2D eigenvalue weighted by molar-refractivity contribution is 0.132. The average Bonchev–Trinajstić information content (AvgIpc) is 2.88. The molecule has 19 heavy (non-hydrogen) atoms. The smallest absolute Gasteiger partial charge is 0.141 e. The molecule has 108 valence electrons. The van der Waals surface area contributed by atoms with E-state index in [2.05, 4.69) is 34.1 Å². The number of rotatable bonds is 7. The maximum absolute atomic E-state index is 4.40. The number of nitrogens with one attached hydrogen (secondary N) is 1. The van der Waals surface area contributed by atoms with Crippen LogP contribution in [-0.4, -0.2) is 45.3 Å². The van der Waals surface area contributed by atoms with Gasteiger partial charge >= 0.3 is 0 Å². The van der Waals surface area contributed by atoms with Crippen molar-refractivity contribution in [2.75, 3.05) is 19.6 Å². The van der Waals surface area contributed by atoms with E-state index in [9.17, 15) is 0 Å². The minimum atomic E-state index is 0.655. The molecule has 1 aromatic heterocycles. The lowest BCUT2D eigenvalue weighted by Gasteiger charge is -2.35. The van der Waals surface area contributed by atoms with E-state index >= 15 is 0 Å². The zero-order valence-corrected chi connectivity index (χ0v) is 12.3. The molecule has 2 heterocycles. The van der Waals surface area contributed by atoms with Crippen molar-refractivity contribution in [1.29, 1.82) is 0 Å². The van der Waals surface area contributed by atoms with E-state index in [1.807, 2.05) is 4.68 Å². The first kappa shape index (κ1) is 14.5. The van der Waals surface area contributed by atoms with E-state index < -0.39 is 0 Å². The molecule has 1 fully saturated rings. The van der Waals surface area contributed by atoms with Gasteiger partial charge in [0.2, 0.25) is 0 Å².